The molecule has 0 saturated carbocycles. The van der Waals surface area contributed by atoms with E-state index >= 15 is 0 Å². The van der Waals surface area contributed by atoms with Gasteiger partial charge in [-0.25, -0.2) is 0 Å². The van der Waals surface area contributed by atoms with E-state index in [9.17, 15) is 0 Å². The van der Waals surface area contributed by atoms with Crippen LogP contribution >= 0.6 is 0 Å². The van der Waals surface area contributed by atoms with Gasteiger partial charge in [0.15, 0.2) is 0 Å². The first-order valence-electron chi connectivity index (χ1n) is 13.1. The van der Waals surface area contributed by atoms with Crippen molar-refractivity contribution in [2.75, 3.05) is 13.6 Å². The highest BCUT2D eigenvalue weighted by Gasteiger charge is 2.33. The third kappa shape index (κ3) is 3.27. The maximum Gasteiger partial charge on any atom is 0.131 e. The minimum Gasteiger partial charge on any atom is -0.371 e. The Kier molecular flexibility index (Phi) is 4.84. The predicted molar refractivity (Wildman–Crippen MR) is 154 cm³/mol. The first-order valence-corrected chi connectivity index (χ1v) is 13.1. The van der Waals surface area contributed by atoms with E-state index in [2.05, 4.69) is 145 Å². The summed E-state index contributed by atoms with van der Waals surface area (Å²) >= 11 is 0. The minimum absolute atomic E-state index is 0.0190. The molecule has 1 aliphatic carbocycles. The van der Waals surface area contributed by atoms with E-state index in [-0.39, 0.29) is 11.6 Å². The molecule has 1 unspecified atom stereocenters. The maximum absolute atomic E-state index is 3.64. The maximum atomic E-state index is 3.64. The number of nitrogens with one attached hydrogen (secondary N) is 1. The number of dihydropyridines is 1. The molecule has 3 heterocycles. The van der Waals surface area contributed by atoms with Crippen molar-refractivity contribution in [1.29, 1.82) is 0 Å². The number of benzene rings is 3. The van der Waals surface area contributed by atoms with E-state index in [1.165, 1.54) is 55.6 Å². The fraction of sp³-hybridized carbons (Fsp3) is 0.176. The van der Waals surface area contributed by atoms with Crippen molar-refractivity contribution in [3.05, 3.63) is 132 Å². The van der Waals surface area contributed by atoms with Crippen LogP contribution in [0.4, 0.5) is 0 Å². The summed E-state index contributed by atoms with van der Waals surface area (Å²) in [5.41, 5.74) is 11.7. The Balaban J connectivity index is 1.46. The zero-order valence-electron chi connectivity index (χ0n) is 21.6. The van der Waals surface area contributed by atoms with Crippen LogP contribution in [0.1, 0.15) is 31.1 Å². The van der Waals surface area contributed by atoms with E-state index in [0.717, 1.165) is 6.54 Å². The Bertz CT molecular complexity index is 1670. The molecule has 1 aromatic heterocycles. The van der Waals surface area contributed by atoms with Gasteiger partial charge in [-0.15, -0.1) is 0 Å². The van der Waals surface area contributed by atoms with Crippen LogP contribution in [0.5, 0.6) is 0 Å². The largest absolute Gasteiger partial charge is 0.371 e. The normalized spacial score (nSPS) is 19.3. The molecular formula is C34H31N3. The monoisotopic (exact) mass is 481 g/mol. The van der Waals surface area contributed by atoms with Crippen LogP contribution in [0.3, 0.4) is 0 Å². The Labute approximate surface area is 218 Å². The Morgan fingerprint density at radius 2 is 1.51 bits per heavy atom. The van der Waals surface area contributed by atoms with Gasteiger partial charge >= 0.3 is 0 Å². The Morgan fingerprint density at radius 1 is 0.811 bits per heavy atom. The summed E-state index contributed by atoms with van der Waals surface area (Å²) in [6, 6.07) is 24.9. The van der Waals surface area contributed by atoms with Gasteiger partial charge in [0, 0.05) is 41.9 Å². The van der Waals surface area contributed by atoms with Crippen LogP contribution in [-0.4, -0.2) is 23.1 Å². The van der Waals surface area contributed by atoms with Crippen LogP contribution in [0.15, 0.2) is 121 Å². The van der Waals surface area contributed by atoms with Crippen molar-refractivity contribution >= 4 is 10.9 Å². The van der Waals surface area contributed by atoms with Gasteiger partial charge in [0.1, 0.15) is 6.17 Å². The molecule has 2 aliphatic heterocycles. The lowest BCUT2D eigenvalue weighted by Crippen LogP contribution is -2.31. The van der Waals surface area contributed by atoms with E-state index in [4.69, 9.17) is 0 Å². The summed E-state index contributed by atoms with van der Waals surface area (Å²) in [6.45, 7) is 5.63. The molecule has 182 valence electrons. The highest BCUT2D eigenvalue weighted by atomic mass is 15.2. The number of hydrogen-bond acceptors (Lipinski definition) is 2. The molecule has 1 atom stereocenters. The lowest BCUT2D eigenvalue weighted by Gasteiger charge is -2.32. The van der Waals surface area contributed by atoms with Gasteiger partial charge in [-0.3, -0.25) is 0 Å². The summed E-state index contributed by atoms with van der Waals surface area (Å²) < 4.78 is 2.39. The second kappa shape index (κ2) is 8.14. The molecule has 0 bridgehead atoms. The highest BCUT2D eigenvalue weighted by Crippen LogP contribution is 2.49. The molecule has 1 N–H and O–H groups in total. The molecule has 0 spiro atoms. The molecule has 3 heteroatoms. The van der Waals surface area contributed by atoms with E-state index in [1.807, 2.05) is 0 Å². The summed E-state index contributed by atoms with van der Waals surface area (Å²) in [5.74, 6) is 0. The van der Waals surface area contributed by atoms with Gasteiger partial charge in [0.2, 0.25) is 0 Å². The highest BCUT2D eigenvalue weighted by molar-refractivity contribution is 5.98. The molecular weight excluding hydrogens is 450 g/mol. The molecule has 0 fully saturated rings. The SMILES string of the molecule is CN1CC=CC=C1C1=CC=CNC1n1ccc2cc3c(cc21)-c1ccccc1C(C)(C)c1ccccc1-3. The van der Waals surface area contributed by atoms with Crippen LogP contribution in [0.25, 0.3) is 33.2 Å². The van der Waals surface area contributed by atoms with Crippen molar-refractivity contribution in [2.24, 2.45) is 0 Å². The fourth-order valence-corrected chi connectivity index (χ4v) is 6.40. The molecule has 4 aromatic rings. The quantitative estimate of drug-likeness (QED) is 0.319. The van der Waals surface area contributed by atoms with Crippen molar-refractivity contribution < 1.29 is 0 Å². The lowest BCUT2D eigenvalue weighted by molar-refractivity contribution is 0.434. The standard InChI is InChI=1S/C34H31N3/c1-34(2)29-14-6-4-11-24(29)27-21-23-17-20-37(32(23)22-28(27)25-12-5-7-15-30(25)34)33-26(13-10-18-35-33)31-16-8-9-19-36(31)3/h4-18,20-22,33,35H,19H2,1-3H3. The molecule has 3 nitrogen and oxygen atoms in total. The van der Waals surface area contributed by atoms with Crippen LogP contribution in [0, 0.1) is 0 Å². The van der Waals surface area contributed by atoms with Gasteiger partial charge in [-0.1, -0.05) is 80.6 Å². The number of hydrogen-bond donors (Lipinski definition) is 1. The third-order valence-corrected chi connectivity index (χ3v) is 8.32. The predicted octanol–water partition coefficient (Wildman–Crippen LogP) is 7.54. The lowest BCUT2D eigenvalue weighted by atomic mass is 9.75. The number of likely N-dealkylation sites (N-methyl/N-ethyl adjacent to an activating group) is 1. The first-order chi connectivity index (χ1) is 18.0. The van der Waals surface area contributed by atoms with Crippen molar-refractivity contribution in [3.63, 3.8) is 0 Å². The van der Waals surface area contributed by atoms with E-state index < -0.39 is 0 Å². The molecule has 0 amide bonds. The second-order valence-electron chi connectivity index (χ2n) is 10.8. The summed E-state index contributed by atoms with van der Waals surface area (Å²) in [4.78, 5) is 2.31. The van der Waals surface area contributed by atoms with Crippen molar-refractivity contribution in [1.82, 2.24) is 14.8 Å². The molecule has 0 saturated heterocycles. The molecule has 0 radical (unpaired) electrons. The first kappa shape index (κ1) is 22.0. The Hall–Kier alpha value is -4.24. The smallest absolute Gasteiger partial charge is 0.131 e. The zero-order valence-corrected chi connectivity index (χ0v) is 21.6. The van der Waals surface area contributed by atoms with Gasteiger partial charge in [0.25, 0.3) is 0 Å². The average Bonchev–Trinajstić information content (AvgIpc) is 3.32. The molecule has 3 aromatic carbocycles. The minimum atomic E-state index is -0.0939. The van der Waals surface area contributed by atoms with E-state index in [0.29, 0.717) is 0 Å². The topological polar surface area (TPSA) is 20.2 Å². The number of allylic oxidation sites excluding steroid dienone is 4. The average molecular weight is 482 g/mol. The van der Waals surface area contributed by atoms with Crippen molar-refractivity contribution in [3.8, 4) is 22.3 Å². The summed E-state index contributed by atoms with van der Waals surface area (Å²) in [6.07, 6.45) is 15.2. The third-order valence-electron chi connectivity index (χ3n) is 8.32. The number of aromatic nitrogens is 1. The summed E-state index contributed by atoms with van der Waals surface area (Å²) in [7, 11) is 2.16. The van der Waals surface area contributed by atoms with Crippen molar-refractivity contribution in [2.45, 2.75) is 25.4 Å². The van der Waals surface area contributed by atoms with Crippen LogP contribution in [0.2, 0.25) is 0 Å². The van der Waals surface area contributed by atoms with Gasteiger partial charge in [-0.05, 0) is 69.9 Å². The Morgan fingerprint density at radius 3 is 2.24 bits per heavy atom. The molecule has 3 aliphatic rings. The van der Waals surface area contributed by atoms with Gasteiger partial charge < -0.3 is 14.8 Å². The van der Waals surface area contributed by atoms with E-state index in [1.54, 1.807) is 0 Å². The zero-order chi connectivity index (χ0) is 25.1. The van der Waals surface area contributed by atoms with Gasteiger partial charge in [-0.2, -0.15) is 0 Å². The van der Waals surface area contributed by atoms with Crippen LogP contribution < -0.4 is 5.32 Å². The molecule has 7 rings (SSSR count). The number of rotatable bonds is 2. The van der Waals surface area contributed by atoms with Crippen LogP contribution in [-0.2, 0) is 5.41 Å². The summed E-state index contributed by atoms with van der Waals surface area (Å²) in [5, 5.41) is 4.90. The number of nitrogens with zero attached hydrogens (tertiary/aromatic N) is 2. The van der Waals surface area contributed by atoms with Gasteiger partial charge in [0.05, 0.1) is 5.52 Å². The second-order valence-corrected chi connectivity index (χ2v) is 10.8. The molecule has 37 heavy (non-hydrogen) atoms. The number of fused-ring (bicyclic) bond motifs is 6. The fourth-order valence-electron chi connectivity index (χ4n) is 6.40.